The first-order chi connectivity index (χ1) is 20.5. The number of imide groups is 1. The molecule has 0 spiro atoms. The molecule has 2 amide bonds. The van der Waals surface area contributed by atoms with Crippen molar-refractivity contribution in [2.24, 2.45) is 0 Å². The lowest BCUT2D eigenvalue weighted by molar-refractivity contribution is -0.385. The van der Waals surface area contributed by atoms with Crippen molar-refractivity contribution >= 4 is 46.5 Å². The molecule has 4 aromatic carbocycles. The van der Waals surface area contributed by atoms with Gasteiger partial charge in [-0.15, -0.1) is 0 Å². The number of methoxy groups -OCH3 is 1. The van der Waals surface area contributed by atoms with Crippen molar-refractivity contribution in [2.75, 3.05) is 12.0 Å². The van der Waals surface area contributed by atoms with E-state index in [1.807, 2.05) is 19.9 Å². The van der Waals surface area contributed by atoms with Crippen LogP contribution >= 0.6 is 11.6 Å². The fourth-order valence-electron chi connectivity index (χ4n) is 4.80. The molecule has 0 aromatic heterocycles. The lowest BCUT2D eigenvalue weighted by atomic mass is 9.97. The highest BCUT2D eigenvalue weighted by Gasteiger charge is 2.43. The molecule has 0 N–H and O–H groups in total. The number of benzene rings is 4. The van der Waals surface area contributed by atoms with E-state index in [0.29, 0.717) is 16.0 Å². The number of Topliss-reactive ketones (excluding diaryl/α,β-unsaturated/α-hetero) is 1. The lowest BCUT2D eigenvalue weighted by Crippen LogP contribution is -2.30. The van der Waals surface area contributed by atoms with Gasteiger partial charge in [0.25, 0.3) is 17.5 Å². The number of esters is 1. The fraction of sp³-hybridized carbons (Fsp3) is 0.125. The molecule has 0 saturated heterocycles. The van der Waals surface area contributed by atoms with Gasteiger partial charge in [-0.05, 0) is 43.2 Å². The molecule has 10 nitrogen and oxygen atoms in total. The van der Waals surface area contributed by atoms with Crippen LogP contribution < -0.4 is 9.64 Å². The van der Waals surface area contributed by atoms with E-state index in [-0.39, 0.29) is 33.1 Å². The number of hydrogen-bond donors (Lipinski definition) is 0. The van der Waals surface area contributed by atoms with Gasteiger partial charge >= 0.3 is 5.97 Å². The number of carbonyl (C=O) groups excluding carboxylic acids is 4. The SMILES string of the molecule is COc1cc(N2C(=O)c3cccc([N+](=O)[O-])c3C2=O)c(Cl)cc1C(=O)O[C@H](C(=O)c1ccc(C)c(C)c1)c1ccccc1. The van der Waals surface area contributed by atoms with Gasteiger partial charge in [-0.2, -0.15) is 0 Å². The van der Waals surface area contributed by atoms with Gasteiger partial charge in [0.2, 0.25) is 5.78 Å². The van der Waals surface area contributed by atoms with Crippen LogP contribution in [0.15, 0.2) is 78.9 Å². The number of fused-ring (bicyclic) bond motifs is 1. The van der Waals surface area contributed by atoms with Crippen molar-refractivity contribution in [3.8, 4) is 5.75 Å². The van der Waals surface area contributed by atoms with Crippen molar-refractivity contribution < 1.29 is 33.6 Å². The van der Waals surface area contributed by atoms with Crippen molar-refractivity contribution in [3.05, 3.63) is 133 Å². The van der Waals surface area contributed by atoms with Crippen LogP contribution in [0.3, 0.4) is 0 Å². The average molecular weight is 599 g/mol. The minimum Gasteiger partial charge on any atom is -0.496 e. The number of ketones is 1. The number of carbonyl (C=O) groups is 4. The number of nitrogens with zero attached hydrogens (tertiary/aromatic N) is 2. The van der Waals surface area contributed by atoms with E-state index in [4.69, 9.17) is 21.1 Å². The number of anilines is 1. The molecule has 0 radical (unpaired) electrons. The second-order valence-corrected chi connectivity index (χ2v) is 10.2. The Bertz CT molecular complexity index is 1840. The second kappa shape index (κ2) is 11.5. The number of hydrogen-bond acceptors (Lipinski definition) is 8. The highest BCUT2D eigenvalue weighted by molar-refractivity contribution is 6.40. The van der Waals surface area contributed by atoms with Gasteiger partial charge < -0.3 is 9.47 Å². The Morgan fingerprint density at radius 2 is 1.63 bits per heavy atom. The maximum atomic E-state index is 13.6. The van der Waals surface area contributed by atoms with Gasteiger partial charge in [-0.3, -0.25) is 24.5 Å². The first-order valence-corrected chi connectivity index (χ1v) is 13.3. The third-order valence-corrected chi connectivity index (χ3v) is 7.48. The molecular formula is C32H23ClN2O8. The van der Waals surface area contributed by atoms with Gasteiger partial charge in [-0.25, -0.2) is 9.69 Å². The van der Waals surface area contributed by atoms with E-state index in [1.54, 1.807) is 42.5 Å². The van der Waals surface area contributed by atoms with Crippen LogP contribution in [0.2, 0.25) is 5.02 Å². The molecule has 1 aliphatic heterocycles. The summed E-state index contributed by atoms with van der Waals surface area (Å²) in [5, 5.41) is 11.3. The summed E-state index contributed by atoms with van der Waals surface area (Å²) in [6.07, 6.45) is -1.31. The first-order valence-electron chi connectivity index (χ1n) is 12.9. The quantitative estimate of drug-likeness (QED) is 0.0742. The Kier molecular flexibility index (Phi) is 7.79. The summed E-state index contributed by atoms with van der Waals surface area (Å²) >= 11 is 6.49. The number of aryl methyl sites for hydroxylation is 2. The highest BCUT2D eigenvalue weighted by atomic mass is 35.5. The Labute approximate surface area is 250 Å². The van der Waals surface area contributed by atoms with Crippen molar-refractivity contribution in [1.82, 2.24) is 0 Å². The first kappa shape index (κ1) is 29.2. The summed E-state index contributed by atoms with van der Waals surface area (Å²) < 4.78 is 11.1. The van der Waals surface area contributed by atoms with Crippen molar-refractivity contribution in [1.29, 1.82) is 0 Å². The molecule has 1 heterocycles. The van der Waals surface area contributed by atoms with E-state index in [0.717, 1.165) is 23.3 Å². The van der Waals surface area contributed by atoms with Crippen molar-refractivity contribution in [3.63, 3.8) is 0 Å². The molecule has 216 valence electrons. The predicted octanol–water partition coefficient (Wildman–Crippen LogP) is 6.46. The second-order valence-electron chi connectivity index (χ2n) is 9.77. The third-order valence-electron chi connectivity index (χ3n) is 7.18. The maximum absolute atomic E-state index is 13.6. The molecule has 0 aliphatic carbocycles. The number of halogens is 1. The van der Waals surface area contributed by atoms with Crippen LogP contribution in [0, 0.1) is 24.0 Å². The number of nitro groups is 1. The van der Waals surface area contributed by atoms with Crippen molar-refractivity contribution in [2.45, 2.75) is 20.0 Å². The molecule has 5 rings (SSSR count). The van der Waals surface area contributed by atoms with E-state index >= 15 is 0 Å². The molecule has 1 atom stereocenters. The normalized spacial score (nSPS) is 13.0. The van der Waals surface area contributed by atoms with Gasteiger partial charge in [0.1, 0.15) is 16.9 Å². The summed E-state index contributed by atoms with van der Waals surface area (Å²) in [6.45, 7) is 3.79. The Balaban J connectivity index is 1.51. The van der Waals surface area contributed by atoms with Crippen LogP contribution in [0.5, 0.6) is 5.75 Å². The Morgan fingerprint density at radius 3 is 2.28 bits per heavy atom. The summed E-state index contributed by atoms with van der Waals surface area (Å²) in [6, 6.07) is 19.8. The number of rotatable bonds is 8. The molecular weight excluding hydrogens is 576 g/mol. The summed E-state index contributed by atoms with van der Waals surface area (Å²) in [5.41, 5.74) is 1.30. The Morgan fingerprint density at radius 1 is 0.907 bits per heavy atom. The van der Waals surface area contributed by atoms with Gasteiger partial charge in [-0.1, -0.05) is 60.1 Å². The fourth-order valence-corrected chi connectivity index (χ4v) is 5.05. The topological polar surface area (TPSA) is 133 Å². The molecule has 1 aliphatic rings. The largest absolute Gasteiger partial charge is 0.496 e. The Hall–Kier alpha value is -5.35. The highest BCUT2D eigenvalue weighted by Crippen LogP contribution is 2.40. The van der Waals surface area contributed by atoms with Crippen LogP contribution in [0.4, 0.5) is 11.4 Å². The van der Waals surface area contributed by atoms with E-state index in [2.05, 4.69) is 0 Å². The summed E-state index contributed by atoms with van der Waals surface area (Å²) in [7, 11) is 1.26. The molecule has 0 saturated carbocycles. The van der Waals surface area contributed by atoms with E-state index in [1.165, 1.54) is 25.3 Å². The maximum Gasteiger partial charge on any atom is 0.343 e. The standard InChI is InChI=1S/C32H23ClN2O8/c1-17-12-13-20(14-18(17)2)28(36)29(19-8-5-4-6-9-19)43-32(39)22-15-23(33)25(16-26(22)42-3)34-30(37)21-10-7-11-24(35(40)41)27(21)31(34)38/h4-16,29H,1-3H3/t29-/m0/s1. The van der Waals surface area contributed by atoms with Gasteiger partial charge in [0, 0.05) is 23.3 Å². The van der Waals surface area contributed by atoms with E-state index in [9.17, 15) is 29.3 Å². The monoisotopic (exact) mass is 598 g/mol. The average Bonchev–Trinajstić information content (AvgIpc) is 3.26. The zero-order valence-corrected chi connectivity index (χ0v) is 23.9. The van der Waals surface area contributed by atoms with Gasteiger partial charge in [0.15, 0.2) is 6.10 Å². The lowest BCUT2D eigenvalue weighted by Gasteiger charge is -2.21. The van der Waals surface area contributed by atoms with E-state index < -0.39 is 40.3 Å². The molecule has 0 fully saturated rings. The zero-order chi connectivity index (χ0) is 31.0. The van der Waals surface area contributed by atoms with Crippen LogP contribution in [0.1, 0.15) is 64.2 Å². The summed E-state index contributed by atoms with van der Waals surface area (Å²) in [5.74, 6) is -3.28. The minimum absolute atomic E-state index is 0.110. The van der Waals surface area contributed by atoms with Crippen LogP contribution in [-0.4, -0.2) is 35.6 Å². The molecule has 11 heteroatoms. The predicted molar refractivity (Wildman–Crippen MR) is 157 cm³/mol. The minimum atomic E-state index is -1.31. The molecule has 0 bridgehead atoms. The number of amides is 2. The zero-order valence-electron chi connectivity index (χ0n) is 23.1. The van der Waals surface area contributed by atoms with Gasteiger partial charge in [0.05, 0.1) is 28.3 Å². The van der Waals surface area contributed by atoms with Crippen LogP contribution in [-0.2, 0) is 4.74 Å². The third kappa shape index (κ3) is 5.24. The number of nitro benzene ring substituents is 1. The number of ether oxygens (including phenoxy) is 2. The molecule has 0 unspecified atom stereocenters. The summed E-state index contributed by atoms with van der Waals surface area (Å²) in [4.78, 5) is 65.0. The molecule has 4 aromatic rings. The van der Waals surface area contributed by atoms with Crippen LogP contribution in [0.25, 0.3) is 0 Å². The smallest absolute Gasteiger partial charge is 0.343 e. The molecule has 43 heavy (non-hydrogen) atoms.